The highest BCUT2D eigenvalue weighted by Gasteiger charge is 2.48. The number of benzene rings is 3. The van der Waals surface area contributed by atoms with Crippen molar-refractivity contribution in [1.29, 1.82) is 5.26 Å². The van der Waals surface area contributed by atoms with Crippen molar-refractivity contribution in [3.8, 4) is 6.07 Å². The van der Waals surface area contributed by atoms with Crippen LogP contribution in [-0.4, -0.2) is 20.5 Å². The van der Waals surface area contributed by atoms with Gasteiger partial charge in [0.25, 0.3) is 0 Å². The summed E-state index contributed by atoms with van der Waals surface area (Å²) in [5, 5.41) is 10.8. The molecule has 0 N–H and O–H groups in total. The second kappa shape index (κ2) is 10.3. The summed E-state index contributed by atoms with van der Waals surface area (Å²) < 4.78 is 13.1. The number of nitriles is 1. The molecular weight excluding hydrogens is 410 g/mol. The van der Waals surface area contributed by atoms with Gasteiger partial charge >= 0.3 is 0 Å². The quantitative estimate of drug-likeness (QED) is 0.349. The lowest BCUT2D eigenvalue weighted by Gasteiger charge is -2.42. The van der Waals surface area contributed by atoms with E-state index >= 15 is 0 Å². The van der Waals surface area contributed by atoms with Crippen LogP contribution in [0.1, 0.15) is 29.2 Å². The van der Waals surface area contributed by atoms with Gasteiger partial charge in [0.15, 0.2) is 8.32 Å². The summed E-state index contributed by atoms with van der Waals surface area (Å²) in [6, 6.07) is 31.0. The molecule has 0 radical (unpaired) electrons. The lowest BCUT2D eigenvalue weighted by Crippen LogP contribution is -2.52. The summed E-state index contributed by atoms with van der Waals surface area (Å²) in [4.78, 5) is 0. The SMILES string of the molecule is Cc1ccc([C@@](C#N)(c2ccccc2)[C@H](O[Si](C)(C)C)[C@H](C)OCc2ccccc2)cc1. The third-order valence-electron chi connectivity index (χ3n) is 5.60. The molecule has 0 aliphatic heterocycles. The van der Waals surface area contributed by atoms with Gasteiger partial charge in [0.1, 0.15) is 5.41 Å². The molecule has 3 nitrogen and oxygen atoms in total. The molecule has 0 fully saturated rings. The molecule has 0 unspecified atom stereocenters. The van der Waals surface area contributed by atoms with Gasteiger partial charge in [-0.25, -0.2) is 0 Å². The van der Waals surface area contributed by atoms with Crippen molar-refractivity contribution in [2.75, 3.05) is 0 Å². The number of aryl methyl sites for hydroxylation is 1. The molecule has 3 atom stereocenters. The van der Waals surface area contributed by atoms with Crippen molar-refractivity contribution in [2.45, 2.75) is 57.7 Å². The van der Waals surface area contributed by atoms with Crippen LogP contribution in [0.15, 0.2) is 84.9 Å². The van der Waals surface area contributed by atoms with E-state index in [9.17, 15) is 5.26 Å². The van der Waals surface area contributed by atoms with Gasteiger partial charge in [-0.05, 0) is 50.2 Å². The zero-order valence-electron chi connectivity index (χ0n) is 19.7. The zero-order chi connectivity index (χ0) is 23.2. The standard InChI is InChI=1S/C28H33NO2Si/c1-22-16-18-26(19-17-22)28(21-29,25-14-10-7-11-15-25)27(31-32(3,4)5)23(2)30-20-24-12-8-6-9-13-24/h6-19,23,27H,20H2,1-5H3/t23-,27+,28+/m0/s1. The van der Waals surface area contributed by atoms with Crippen LogP contribution in [0.25, 0.3) is 0 Å². The number of ether oxygens (including phenoxy) is 1. The van der Waals surface area contributed by atoms with Gasteiger partial charge in [-0.3, -0.25) is 0 Å². The van der Waals surface area contributed by atoms with Crippen LogP contribution in [0.2, 0.25) is 19.6 Å². The van der Waals surface area contributed by atoms with Crippen molar-refractivity contribution >= 4 is 8.32 Å². The molecule has 0 heterocycles. The number of nitrogens with zero attached hydrogens (tertiary/aromatic N) is 1. The van der Waals surface area contributed by atoms with E-state index in [4.69, 9.17) is 9.16 Å². The van der Waals surface area contributed by atoms with Gasteiger partial charge in [0, 0.05) is 0 Å². The lowest BCUT2D eigenvalue weighted by atomic mass is 9.70. The molecular formula is C28H33NO2Si. The van der Waals surface area contributed by atoms with E-state index in [2.05, 4.69) is 69.0 Å². The topological polar surface area (TPSA) is 42.2 Å². The van der Waals surface area contributed by atoms with Gasteiger partial charge < -0.3 is 9.16 Å². The Labute approximate surface area is 193 Å². The molecule has 3 aromatic rings. The van der Waals surface area contributed by atoms with E-state index in [1.165, 1.54) is 0 Å². The van der Waals surface area contributed by atoms with Gasteiger partial charge in [-0.15, -0.1) is 0 Å². The third-order valence-corrected chi connectivity index (χ3v) is 6.56. The molecule has 0 aliphatic carbocycles. The Morgan fingerprint density at radius 1 is 0.844 bits per heavy atom. The summed E-state index contributed by atoms with van der Waals surface area (Å²) in [5.41, 5.74) is 3.11. The van der Waals surface area contributed by atoms with E-state index in [1.807, 2.05) is 55.5 Å². The third kappa shape index (κ3) is 5.55. The summed E-state index contributed by atoms with van der Waals surface area (Å²) in [6.45, 7) is 11.0. The molecule has 0 aliphatic rings. The van der Waals surface area contributed by atoms with Gasteiger partial charge in [-0.1, -0.05) is 90.5 Å². The van der Waals surface area contributed by atoms with Crippen molar-refractivity contribution < 1.29 is 9.16 Å². The molecule has 3 aromatic carbocycles. The lowest BCUT2D eigenvalue weighted by molar-refractivity contribution is -0.0436. The predicted octanol–water partition coefficient (Wildman–Crippen LogP) is 6.63. The van der Waals surface area contributed by atoms with Crippen LogP contribution < -0.4 is 0 Å². The van der Waals surface area contributed by atoms with Crippen LogP contribution in [0, 0.1) is 18.3 Å². The fraction of sp³-hybridized carbons (Fsp3) is 0.321. The molecule has 32 heavy (non-hydrogen) atoms. The Bertz CT molecular complexity index is 1020. The van der Waals surface area contributed by atoms with Gasteiger partial charge in [-0.2, -0.15) is 5.26 Å². The predicted molar refractivity (Wildman–Crippen MR) is 133 cm³/mol. The van der Waals surface area contributed by atoms with E-state index in [0.717, 1.165) is 22.3 Å². The average molecular weight is 444 g/mol. The summed E-state index contributed by atoms with van der Waals surface area (Å²) in [6.07, 6.45) is -0.768. The van der Waals surface area contributed by atoms with E-state index < -0.39 is 19.8 Å². The van der Waals surface area contributed by atoms with Gasteiger partial charge in [0.05, 0.1) is 24.9 Å². The van der Waals surface area contributed by atoms with E-state index in [0.29, 0.717) is 6.61 Å². The molecule has 0 spiro atoms. The van der Waals surface area contributed by atoms with Crippen molar-refractivity contribution in [3.05, 3.63) is 107 Å². The average Bonchev–Trinajstić information content (AvgIpc) is 2.79. The van der Waals surface area contributed by atoms with Crippen molar-refractivity contribution in [3.63, 3.8) is 0 Å². The molecule has 0 bridgehead atoms. The molecule has 0 saturated heterocycles. The fourth-order valence-electron chi connectivity index (χ4n) is 4.01. The first-order valence-corrected chi connectivity index (χ1v) is 14.5. The van der Waals surface area contributed by atoms with Crippen LogP contribution in [0.4, 0.5) is 0 Å². The van der Waals surface area contributed by atoms with Crippen molar-refractivity contribution in [1.82, 2.24) is 0 Å². The highest BCUT2D eigenvalue weighted by molar-refractivity contribution is 6.69. The summed E-state index contributed by atoms with van der Waals surface area (Å²) in [5.74, 6) is 0. The molecule has 0 amide bonds. The zero-order valence-corrected chi connectivity index (χ0v) is 20.7. The van der Waals surface area contributed by atoms with Gasteiger partial charge in [0.2, 0.25) is 0 Å². The Morgan fingerprint density at radius 3 is 1.91 bits per heavy atom. The number of rotatable bonds is 9. The Hall–Kier alpha value is -2.71. The van der Waals surface area contributed by atoms with Crippen LogP contribution in [0.3, 0.4) is 0 Å². The summed E-state index contributed by atoms with van der Waals surface area (Å²) >= 11 is 0. The van der Waals surface area contributed by atoms with Crippen molar-refractivity contribution in [2.24, 2.45) is 0 Å². The minimum Gasteiger partial charge on any atom is -0.410 e. The highest BCUT2D eigenvalue weighted by atomic mass is 28.4. The monoisotopic (exact) mass is 443 g/mol. The first-order valence-electron chi connectivity index (χ1n) is 11.1. The number of hydrogen-bond acceptors (Lipinski definition) is 3. The first kappa shape index (κ1) is 23.9. The molecule has 0 saturated carbocycles. The molecule has 0 aromatic heterocycles. The van der Waals surface area contributed by atoms with Crippen LogP contribution >= 0.6 is 0 Å². The van der Waals surface area contributed by atoms with E-state index in [-0.39, 0.29) is 6.10 Å². The minimum atomic E-state index is -2.03. The Morgan fingerprint density at radius 2 is 1.38 bits per heavy atom. The maximum Gasteiger partial charge on any atom is 0.184 e. The number of hydrogen-bond donors (Lipinski definition) is 0. The highest BCUT2D eigenvalue weighted by Crippen LogP contribution is 2.40. The molecule has 166 valence electrons. The maximum atomic E-state index is 10.8. The molecule has 3 rings (SSSR count). The first-order chi connectivity index (χ1) is 15.3. The largest absolute Gasteiger partial charge is 0.410 e. The second-order valence-corrected chi connectivity index (χ2v) is 13.8. The van der Waals surface area contributed by atoms with E-state index in [1.54, 1.807) is 0 Å². The Balaban J connectivity index is 2.10. The Kier molecular flexibility index (Phi) is 7.68. The summed E-state index contributed by atoms with van der Waals surface area (Å²) in [7, 11) is -2.03. The normalized spacial score (nSPS) is 15.4. The van der Waals surface area contributed by atoms with Crippen LogP contribution in [-0.2, 0) is 21.2 Å². The fourth-order valence-corrected chi connectivity index (χ4v) is 5.14. The molecule has 4 heteroatoms. The van der Waals surface area contributed by atoms with Crippen LogP contribution in [0.5, 0.6) is 0 Å². The minimum absolute atomic E-state index is 0.303. The second-order valence-electron chi connectivity index (χ2n) is 9.30. The smallest absolute Gasteiger partial charge is 0.184 e. The maximum absolute atomic E-state index is 10.8.